The molecule has 10 nitrogen and oxygen atoms in total. The number of imidazole rings is 1. The lowest BCUT2D eigenvalue weighted by Gasteiger charge is -2.27. The van der Waals surface area contributed by atoms with Gasteiger partial charge in [0.1, 0.15) is 16.9 Å². The highest BCUT2D eigenvalue weighted by Crippen LogP contribution is 2.40. The summed E-state index contributed by atoms with van der Waals surface area (Å²) in [6.45, 7) is 2.19. The Labute approximate surface area is 237 Å². The van der Waals surface area contributed by atoms with Crippen LogP contribution in [-0.2, 0) is 20.1 Å². The quantitative estimate of drug-likeness (QED) is 0.330. The van der Waals surface area contributed by atoms with Gasteiger partial charge in [-0.05, 0) is 67.9 Å². The van der Waals surface area contributed by atoms with Gasteiger partial charge < -0.3 is 24.5 Å². The van der Waals surface area contributed by atoms with Gasteiger partial charge in [0.05, 0.1) is 31.1 Å². The Balaban J connectivity index is 1.31. The largest absolute Gasteiger partial charge is 0.494 e. The molecule has 210 valence electrons. The third kappa shape index (κ3) is 3.95. The average Bonchev–Trinajstić information content (AvgIpc) is 3.25. The van der Waals surface area contributed by atoms with Gasteiger partial charge in [-0.15, -0.1) is 0 Å². The molecule has 41 heavy (non-hydrogen) atoms. The number of likely N-dealkylation sites (tertiary alicyclic amines) is 1. The molecule has 5 heterocycles. The molecule has 8 rings (SSSR count). The van der Waals surface area contributed by atoms with Crippen LogP contribution in [0.15, 0.2) is 48.9 Å². The molecule has 0 radical (unpaired) electrons. The first-order valence-corrected chi connectivity index (χ1v) is 14.6. The van der Waals surface area contributed by atoms with E-state index >= 15 is 0 Å². The molecule has 1 aliphatic heterocycles. The van der Waals surface area contributed by atoms with E-state index < -0.39 is 0 Å². The van der Waals surface area contributed by atoms with Crippen molar-refractivity contribution in [3.8, 4) is 17.3 Å². The number of fused-ring (bicyclic) bond motifs is 4. The monoisotopic (exact) mass is 550 g/mol. The Bertz CT molecular complexity index is 1810. The summed E-state index contributed by atoms with van der Waals surface area (Å²) in [7, 11) is 3.58. The van der Waals surface area contributed by atoms with Crippen LogP contribution < -0.4 is 10.5 Å². The highest BCUT2D eigenvalue weighted by atomic mass is 16.5. The number of hydrogen-bond acceptors (Lipinski definition) is 6. The zero-order valence-electron chi connectivity index (χ0n) is 23.4. The van der Waals surface area contributed by atoms with Crippen molar-refractivity contribution in [2.75, 3.05) is 13.7 Å². The molecule has 3 atom stereocenters. The van der Waals surface area contributed by atoms with Crippen molar-refractivity contribution in [3.05, 3.63) is 60.0 Å². The molecule has 10 heteroatoms. The van der Waals surface area contributed by atoms with Gasteiger partial charge in [0.15, 0.2) is 5.82 Å². The van der Waals surface area contributed by atoms with Gasteiger partial charge in [-0.1, -0.05) is 0 Å². The maximum absolute atomic E-state index is 13.8. The van der Waals surface area contributed by atoms with E-state index in [1.807, 2.05) is 53.4 Å². The lowest BCUT2D eigenvalue weighted by Crippen LogP contribution is -2.41. The van der Waals surface area contributed by atoms with E-state index in [1.54, 1.807) is 7.11 Å². The second-order valence-corrected chi connectivity index (χ2v) is 12.0. The molecule has 0 unspecified atom stereocenters. The molecule has 2 saturated carbocycles. The standard InChI is InChI=1S/C31H34N8O2/c1-36-14-19(13-34-36)16-39-28-23(10-22(12-26(28)41-2)31(40)38-17-21-7-8-24(38)27(21)32)35-30(39)25-11-20-4-3-9-33-29(20)37(25)15-18-5-6-18/h3-4,9-14,18,21,24,27H,5-8,15-17,32H2,1-2H3/t21-,24-,27-/m1/s1. The van der Waals surface area contributed by atoms with Crippen LogP contribution in [0.25, 0.3) is 33.6 Å². The van der Waals surface area contributed by atoms with E-state index in [4.69, 9.17) is 20.4 Å². The minimum Gasteiger partial charge on any atom is -0.494 e. The first kappa shape index (κ1) is 24.6. The molecule has 4 aromatic heterocycles. The average molecular weight is 551 g/mol. The number of nitrogens with two attached hydrogens (primary N) is 1. The fraction of sp³-hybridized carbons (Fsp3) is 0.419. The van der Waals surface area contributed by atoms with E-state index in [2.05, 4.69) is 26.4 Å². The number of aryl methyl sites for hydroxylation is 1. The van der Waals surface area contributed by atoms with Crippen LogP contribution in [0, 0.1) is 11.8 Å². The highest BCUT2D eigenvalue weighted by Gasteiger charge is 2.47. The maximum atomic E-state index is 13.8. The Hall–Kier alpha value is -4.18. The minimum absolute atomic E-state index is 0.00302. The number of piperidine rings is 1. The number of methoxy groups -OCH3 is 1. The van der Waals surface area contributed by atoms with Crippen molar-refractivity contribution in [3.63, 3.8) is 0 Å². The van der Waals surface area contributed by atoms with Crippen LogP contribution in [-0.4, -0.2) is 65.4 Å². The molecule has 2 bridgehead atoms. The number of pyridine rings is 1. The van der Waals surface area contributed by atoms with Crippen molar-refractivity contribution < 1.29 is 9.53 Å². The lowest BCUT2D eigenvalue weighted by atomic mass is 10.1. The highest BCUT2D eigenvalue weighted by molar-refractivity contribution is 6.00. The molecule has 0 spiro atoms. The number of carbonyl (C=O) groups is 1. The van der Waals surface area contributed by atoms with Crippen LogP contribution in [0.5, 0.6) is 5.75 Å². The predicted octanol–water partition coefficient (Wildman–Crippen LogP) is 3.82. The molecule has 2 N–H and O–H groups in total. The molecule has 5 aromatic rings. The number of ether oxygens (including phenoxy) is 1. The summed E-state index contributed by atoms with van der Waals surface area (Å²) in [6, 6.07) is 10.2. The Morgan fingerprint density at radius 1 is 1.15 bits per heavy atom. The summed E-state index contributed by atoms with van der Waals surface area (Å²) in [5.74, 6) is 2.51. The first-order chi connectivity index (χ1) is 20.0. The van der Waals surface area contributed by atoms with Crippen LogP contribution in [0.3, 0.4) is 0 Å². The zero-order chi connectivity index (χ0) is 27.8. The number of nitrogens with zero attached hydrogens (tertiary/aromatic N) is 7. The van der Waals surface area contributed by atoms with Crippen LogP contribution in [0.4, 0.5) is 0 Å². The van der Waals surface area contributed by atoms with E-state index in [0.29, 0.717) is 29.7 Å². The summed E-state index contributed by atoms with van der Waals surface area (Å²) in [6.07, 6.45) is 10.3. The number of amides is 1. The molecule has 2 aliphatic carbocycles. The van der Waals surface area contributed by atoms with Crippen molar-refractivity contribution in [2.45, 2.75) is 50.9 Å². The van der Waals surface area contributed by atoms with E-state index in [0.717, 1.165) is 65.1 Å². The normalized spacial score (nSPS) is 21.9. The molecule has 3 aliphatic rings. The van der Waals surface area contributed by atoms with E-state index in [1.165, 1.54) is 12.8 Å². The third-order valence-electron chi connectivity index (χ3n) is 9.31. The van der Waals surface area contributed by atoms with Gasteiger partial charge in [-0.3, -0.25) is 9.48 Å². The minimum atomic E-state index is 0.00302. The van der Waals surface area contributed by atoms with Crippen molar-refractivity contribution in [1.82, 2.24) is 33.8 Å². The second-order valence-electron chi connectivity index (χ2n) is 12.0. The van der Waals surface area contributed by atoms with E-state index in [-0.39, 0.29) is 18.0 Å². The van der Waals surface area contributed by atoms with Crippen molar-refractivity contribution in [2.24, 2.45) is 24.6 Å². The number of carbonyl (C=O) groups excluding carboxylic acids is 1. The molecular formula is C31H34N8O2. The number of rotatable bonds is 7. The van der Waals surface area contributed by atoms with Gasteiger partial charge in [-0.2, -0.15) is 5.10 Å². The Morgan fingerprint density at radius 3 is 2.73 bits per heavy atom. The van der Waals surface area contributed by atoms with Gasteiger partial charge in [0.25, 0.3) is 5.91 Å². The van der Waals surface area contributed by atoms with Crippen molar-refractivity contribution >= 4 is 28.0 Å². The topological polar surface area (TPSA) is 109 Å². The number of hydrogen-bond donors (Lipinski definition) is 1. The summed E-state index contributed by atoms with van der Waals surface area (Å²) >= 11 is 0. The summed E-state index contributed by atoms with van der Waals surface area (Å²) in [5.41, 5.74) is 11.7. The predicted molar refractivity (Wildman–Crippen MR) is 156 cm³/mol. The Kier molecular flexibility index (Phi) is 5.50. The molecular weight excluding hydrogens is 516 g/mol. The van der Waals surface area contributed by atoms with E-state index in [9.17, 15) is 4.79 Å². The fourth-order valence-corrected chi connectivity index (χ4v) is 7.06. The molecule has 3 fully saturated rings. The van der Waals surface area contributed by atoms with Gasteiger partial charge in [0.2, 0.25) is 0 Å². The second kappa shape index (κ2) is 9.17. The van der Waals surface area contributed by atoms with Gasteiger partial charge in [-0.25, -0.2) is 9.97 Å². The SMILES string of the molecule is COc1cc(C(=O)N2C[C@H]3CC[C@@H]2[C@@H]3N)cc2nc(-c3cc4cccnc4n3CC3CC3)n(Cc3cnn(C)c3)c12. The first-order valence-electron chi connectivity index (χ1n) is 14.6. The smallest absolute Gasteiger partial charge is 0.254 e. The molecule has 1 amide bonds. The number of benzene rings is 1. The van der Waals surface area contributed by atoms with Crippen LogP contribution >= 0.6 is 0 Å². The lowest BCUT2D eigenvalue weighted by molar-refractivity contribution is 0.0700. The summed E-state index contributed by atoms with van der Waals surface area (Å²) in [4.78, 5) is 25.7. The maximum Gasteiger partial charge on any atom is 0.254 e. The van der Waals surface area contributed by atoms with Crippen LogP contribution in [0.1, 0.15) is 41.6 Å². The van der Waals surface area contributed by atoms with Crippen LogP contribution in [0.2, 0.25) is 0 Å². The zero-order valence-corrected chi connectivity index (χ0v) is 23.4. The van der Waals surface area contributed by atoms with Crippen molar-refractivity contribution in [1.29, 1.82) is 0 Å². The Morgan fingerprint density at radius 2 is 2.02 bits per heavy atom. The number of aromatic nitrogens is 6. The fourth-order valence-electron chi connectivity index (χ4n) is 7.06. The third-order valence-corrected chi connectivity index (χ3v) is 9.31. The summed E-state index contributed by atoms with van der Waals surface area (Å²) in [5, 5.41) is 5.49. The van der Waals surface area contributed by atoms with Gasteiger partial charge >= 0.3 is 0 Å². The molecule has 1 saturated heterocycles. The summed E-state index contributed by atoms with van der Waals surface area (Å²) < 4.78 is 12.3. The molecule has 1 aromatic carbocycles. The van der Waals surface area contributed by atoms with Gasteiger partial charge in [0, 0.05) is 61.1 Å².